The van der Waals surface area contributed by atoms with E-state index in [0.717, 1.165) is 90.6 Å². The van der Waals surface area contributed by atoms with Crippen LogP contribution in [0, 0.1) is 0 Å². The van der Waals surface area contributed by atoms with Crippen molar-refractivity contribution >= 4 is 5.69 Å². The predicted molar refractivity (Wildman–Crippen MR) is 151 cm³/mol. The predicted octanol–water partition coefficient (Wildman–Crippen LogP) is 2.99. The smallest absolute Gasteiger partial charge is 0.121 e. The molecule has 4 heterocycles. The molecule has 1 N–H and O–H groups in total. The van der Waals surface area contributed by atoms with Crippen LogP contribution in [0.1, 0.15) is 36.0 Å². The third-order valence-corrected chi connectivity index (χ3v) is 8.96. The maximum absolute atomic E-state index is 11.0. The molecule has 206 valence electrons. The zero-order chi connectivity index (χ0) is 25.9. The van der Waals surface area contributed by atoms with E-state index >= 15 is 0 Å². The summed E-state index contributed by atoms with van der Waals surface area (Å²) in [5.74, 6) is 0.983. The van der Waals surface area contributed by atoms with Gasteiger partial charge in [-0.2, -0.15) is 0 Å². The van der Waals surface area contributed by atoms with E-state index in [0.29, 0.717) is 12.6 Å². The van der Waals surface area contributed by atoms with Gasteiger partial charge in [0, 0.05) is 90.4 Å². The van der Waals surface area contributed by atoms with E-state index in [4.69, 9.17) is 9.47 Å². The molecule has 0 aromatic heterocycles. The lowest BCUT2D eigenvalue weighted by atomic mass is 10.00. The van der Waals surface area contributed by atoms with Gasteiger partial charge in [-0.25, -0.2) is 0 Å². The van der Waals surface area contributed by atoms with E-state index in [1.54, 1.807) is 0 Å². The molecule has 2 aromatic rings. The van der Waals surface area contributed by atoms with E-state index in [1.165, 1.54) is 28.8 Å². The zero-order valence-electron chi connectivity index (χ0n) is 22.9. The minimum Gasteiger partial charge on any atom is -0.490 e. The van der Waals surface area contributed by atoms with E-state index in [1.807, 2.05) is 0 Å². The summed E-state index contributed by atoms with van der Waals surface area (Å²) in [6, 6.07) is 15.9. The lowest BCUT2D eigenvalue weighted by Crippen LogP contribution is -2.44. The van der Waals surface area contributed by atoms with E-state index in [9.17, 15) is 5.11 Å². The van der Waals surface area contributed by atoms with Gasteiger partial charge in [0.2, 0.25) is 0 Å². The molecule has 4 aliphatic heterocycles. The van der Waals surface area contributed by atoms with Crippen molar-refractivity contribution in [3.05, 3.63) is 59.2 Å². The number of rotatable bonds is 7. The normalized spacial score (nSPS) is 24.6. The Bertz CT molecular complexity index is 1070. The molecule has 2 fully saturated rings. The molecule has 0 amide bonds. The summed E-state index contributed by atoms with van der Waals surface area (Å²) in [5.41, 5.74) is 5.43. The Labute approximate surface area is 227 Å². The molecule has 4 aliphatic rings. The largest absolute Gasteiger partial charge is 0.490 e. The van der Waals surface area contributed by atoms with Crippen LogP contribution < -0.4 is 9.64 Å². The molecule has 0 radical (unpaired) electrons. The molecule has 0 saturated carbocycles. The van der Waals surface area contributed by atoms with Crippen molar-refractivity contribution in [2.75, 3.05) is 71.0 Å². The summed E-state index contributed by atoms with van der Waals surface area (Å²) < 4.78 is 12.1. The van der Waals surface area contributed by atoms with E-state index < -0.39 is 0 Å². The molecule has 2 saturated heterocycles. The standard InChI is InChI=1S/C31H44N4O3/c1-32-15-16-34(22-28(36)21-33-12-8-24-4-2-3-5-25(24)19-33)20-26-6-7-30(18-31(26)32)38-29-9-13-35(14-10-29)27-11-17-37-23-27/h2-7,18,27-29,36H,8-17,19-23H2,1H3. The van der Waals surface area contributed by atoms with Crippen LogP contribution in [-0.4, -0.2) is 104 Å². The monoisotopic (exact) mass is 520 g/mol. The van der Waals surface area contributed by atoms with Gasteiger partial charge in [-0.3, -0.25) is 14.7 Å². The minimum atomic E-state index is -0.351. The number of hydrogen-bond donors (Lipinski definition) is 1. The first-order valence-electron chi connectivity index (χ1n) is 14.6. The van der Waals surface area contributed by atoms with Crippen LogP contribution in [0.3, 0.4) is 0 Å². The molecule has 2 aromatic carbocycles. The van der Waals surface area contributed by atoms with Crippen LogP contribution in [0.25, 0.3) is 0 Å². The zero-order valence-corrected chi connectivity index (χ0v) is 22.9. The fraction of sp³-hybridized carbons (Fsp3) is 0.613. The molecule has 38 heavy (non-hydrogen) atoms. The summed E-state index contributed by atoms with van der Waals surface area (Å²) in [6.45, 7) is 10.2. The SMILES string of the molecule is CN1CCN(CC(O)CN2CCc3ccccc3C2)Cc2ccc(OC3CCN(C4CCOC4)CC3)cc21. The Kier molecular flexibility index (Phi) is 8.19. The molecular weight excluding hydrogens is 476 g/mol. The third kappa shape index (κ3) is 6.18. The lowest BCUT2D eigenvalue weighted by molar-refractivity contribution is 0.0678. The Morgan fingerprint density at radius 1 is 0.895 bits per heavy atom. The maximum Gasteiger partial charge on any atom is 0.121 e. The number of β-amino-alcohol motifs (C(OH)–C–C–N with tert-alkyl or cyclic N) is 1. The van der Waals surface area contributed by atoms with E-state index in [2.05, 4.69) is 69.1 Å². The average molecular weight is 521 g/mol. The van der Waals surface area contributed by atoms with Crippen molar-refractivity contribution in [2.45, 2.75) is 57.0 Å². The number of likely N-dealkylation sites (N-methyl/N-ethyl adjacent to an activating group) is 1. The van der Waals surface area contributed by atoms with Gasteiger partial charge in [0.15, 0.2) is 0 Å². The number of hydrogen-bond acceptors (Lipinski definition) is 7. The number of nitrogens with zero attached hydrogens (tertiary/aromatic N) is 4. The fourth-order valence-corrected chi connectivity index (χ4v) is 6.72. The van der Waals surface area contributed by atoms with Crippen molar-refractivity contribution in [1.82, 2.24) is 14.7 Å². The van der Waals surface area contributed by atoms with Gasteiger partial charge in [-0.05, 0) is 48.4 Å². The van der Waals surface area contributed by atoms with Crippen LogP contribution in [0.15, 0.2) is 42.5 Å². The molecule has 2 unspecified atom stereocenters. The van der Waals surface area contributed by atoms with E-state index in [-0.39, 0.29) is 12.2 Å². The number of aliphatic hydroxyl groups is 1. The highest BCUT2D eigenvalue weighted by molar-refractivity contribution is 5.57. The number of ether oxygens (including phenoxy) is 2. The van der Waals surface area contributed by atoms with Gasteiger partial charge >= 0.3 is 0 Å². The Balaban J connectivity index is 1.01. The first-order chi connectivity index (χ1) is 18.6. The van der Waals surface area contributed by atoms with Crippen molar-refractivity contribution < 1.29 is 14.6 Å². The number of benzene rings is 2. The summed E-state index contributed by atoms with van der Waals surface area (Å²) in [5, 5.41) is 11.0. The second-order valence-electron chi connectivity index (χ2n) is 11.7. The van der Waals surface area contributed by atoms with Gasteiger partial charge in [0.1, 0.15) is 11.9 Å². The van der Waals surface area contributed by atoms with Gasteiger partial charge in [-0.15, -0.1) is 0 Å². The van der Waals surface area contributed by atoms with Gasteiger partial charge in [0.05, 0.1) is 12.7 Å². The highest BCUT2D eigenvalue weighted by atomic mass is 16.5. The second-order valence-corrected chi connectivity index (χ2v) is 11.7. The maximum atomic E-state index is 11.0. The molecule has 0 aliphatic carbocycles. The highest BCUT2D eigenvalue weighted by Crippen LogP contribution is 2.31. The first-order valence-corrected chi connectivity index (χ1v) is 14.6. The fourth-order valence-electron chi connectivity index (χ4n) is 6.72. The Morgan fingerprint density at radius 2 is 1.66 bits per heavy atom. The van der Waals surface area contributed by atoms with Crippen molar-refractivity contribution in [2.24, 2.45) is 0 Å². The first kappa shape index (κ1) is 26.1. The molecule has 7 nitrogen and oxygen atoms in total. The van der Waals surface area contributed by atoms with Crippen LogP contribution in [0.5, 0.6) is 5.75 Å². The highest BCUT2D eigenvalue weighted by Gasteiger charge is 2.29. The number of likely N-dealkylation sites (tertiary alicyclic amines) is 1. The lowest BCUT2D eigenvalue weighted by Gasteiger charge is -2.35. The van der Waals surface area contributed by atoms with Crippen molar-refractivity contribution in [3.8, 4) is 5.75 Å². The molecule has 6 rings (SSSR count). The third-order valence-electron chi connectivity index (χ3n) is 8.96. The van der Waals surface area contributed by atoms with Crippen LogP contribution >= 0.6 is 0 Å². The Hall–Kier alpha value is -2.16. The number of piperidine rings is 1. The molecular formula is C31H44N4O3. The topological polar surface area (TPSA) is 51.7 Å². The Morgan fingerprint density at radius 3 is 2.45 bits per heavy atom. The number of aliphatic hydroxyl groups excluding tert-OH is 1. The molecule has 0 spiro atoms. The quantitative estimate of drug-likeness (QED) is 0.603. The van der Waals surface area contributed by atoms with Crippen LogP contribution in [0.4, 0.5) is 5.69 Å². The minimum absolute atomic E-state index is 0.288. The van der Waals surface area contributed by atoms with Crippen molar-refractivity contribution in [3.63, 3.8) is 0 Å². The summed E-state index contributed by atoms with van der Waals surface area (Å²) in [7, 11) is 2.18. The van der Waals surface area contributed by atoms with Crippen molar-refractivity contribution in [1.29, 1.82) is 0 Å². The molecule has 2 atom stereocenters. The van der Waals surface area contributed by atoms with Gasteiger partial charge in [0.25, 0.3) is 0 Å². The average Bonchev–Trinajstić information content (AvgIpc) is 3.43. The van der Waals surface area contributed by atoms with Crippen LogP contribution in [-0.2, 0) is 24.2 Å². The summed E-state index contributed by atoms with van der Waals surface area (Å²) in [6.07, 6.45) is 4.34. The molecule has 0 bridgehead atoms. The number of fused-ring (bicyclic) bond motifs is 2. The second kappa shape index (κ2) is 11.9. The van der Waals surface area contributed by atoms with Gasteiger partial charge in [-0.1, -0.05) is 30.3 Å². The van der Waals surface area contributed by atoms with Crippen LogP contribution in [0.2, 0.25) is 0 Å². The number of anilines is 1. The summed E-state index contributed by atoms with van der Waals surface area (Å²) >= 11 is 0. The summed E-state index contributed by atoms with van der Waals surface area (Å²) in [4.78, 5) is 9.75. The molecule has 7 heteroatoms. The van der Waals surface area contributed by atoms with Gasteiger partial charge < -0.3 is 19.5 Å².